The smallest absolute Gasteiger partial charge is 0.213 e. The molecule has 1 aromatic rings. The Kier molecular flexibility index (Phi) is 6.81. The molecule has 6 nitrogen and oxygen atoms in total. The Morgan fingerprint density at radius 2 is 1.95 bits per heavy atom. The predicted molar refractivity (Wildman–Crippen MR) is 88.7 cm³/mol. The maximum atomic E-state index is 12.1. The van der Waals surface area contributed by atoms with E-state index in [1.54, 1.807) is 13.0 Å². The predicted octanol–water partition coefficient (Wildman–Crippen LogP) is 1.77. The second kappa shape index (κ2) is 7.51. The van der Waals surface area contributed by atoms with E-state index in [0.717, 1.165) is 26.9 Å². The van der Waals surface area contributed by atoms with Gasteiger partial charge in [0.25, 0.3) is 0 Å². The Balaban J connectivity index is 2.56. The van der Waals surface area contributed by atoms with E-state index in [2.05, 4.69) is 20.7 Å². The van der Waals surface area contributed by atoms with Crippen molar-refractivity contribution >= 4 is 47.3 Å². The first-order valence-electron chi connectivity index (χ1n) is 6.28. The molecule has 0 atom stereocenters. The molecular formula is C11H19BrN2O4S3. The minimum absolute atomic E-state index is 0.197. The van der Waals surface area contributed by atoms with E-state index >= 15 is 0 Å². The number of sulfonamides is 2. The molecule has 0 fully saturated rings. The molecule has 10 heteroatoms. The molecule has 0 saturated heterocycles. The van der Waals surface area contributed by atoms with Crippen molar-refractivity contribution in [2.45, 2.75) is 24.5 Å². The Morgan fingerprint density at radius 3 is 2.38 bits per heavy atom. The van der Waals surface area contributed by atoms with Crippen LogP contribution in [0, 0.1) is 6.92 Å². The first-order chi connectivity index (χ1) is 9.58. The van der Waals surface area contributed by atoms with Gasteiger partial charge >= 0.3 is 0 Å². The van der Waals surface area contributed by atoms with Gasteiger partial charge in [-0.05, 0) is 40.9 Å². The van der Waals surface area contributed by atoms with E-state index in [9.17, 15) is 16.8 Å². The van der Waals surface area contributed by atoms with Crippen molar-refractivity contribution in [2.24, 2.45) is 0 Å². The zero-order valence-electron chi connectivity index (χ0n) is 12.1. The minimum Gasteiger partial charge on any atom is -0.213 e. The molecule has 0 aliphatic heterocycles. The largest absolute Gasteiger partial charge is 0.250 e. The summed E-state index contributed by atoms with van der Waals surface area (Å²) < 4.78 is 51.7. The fourth-order valence-corrected chi connectivity index (χ4v) is 5.93. The number of aryl methyl sites for hydroxylation is 1. The average molecular weight is 419 g/mol. The van der Waals surface area contributed by atoms with Gasteiger partial charge in [0.1, 0.15) is 4.21 Å². The van der Waals surface area contributed by atoms with Crippen molar-refractivity contribution in [1.29, 1.82) is 0 Å². The van der Waals surface area contributed by atoms with Crippen LogP contribution in [0.15, 0.2) is 14.1 Å². The Bertz CT molecular complexity index is 663. The third-order valence-corrected chi connectivity index (χ3v) is 8.25. The zero-order valence-corrected chi connectivity index (χ0v) is 16.1. The third-order valence-electron chi connectivity index (χ3n) is 2.80. The van der Waals surface area contributed by atoms with Gasteiger partial charge in [-0.3, -0.25) is 0 Å². The maximum absolute atomic E-state index is 12.1. The van der Waals surface area contributed by atoms with Gasteiger partial charge in [0.15, 0.2) is 0 Å². The van der Waals surface area contributed by atoms with E-state index in [-0.39, 0.29) is 10.8 Å². The molecule has 1 aromatic heterocycles. The van der Waals surface area contributed by atoms with Gasteiger partial charge in [-0.25, -0.2) is 25.9 Å². The highest BCUT2D eigenvalue weighted by atomic mass is 79.9. The summed E-state index contributed by atoms with van der Waals surface area (Å²) in [5.74, 6) is 0. The monoisotopic (exact) mass is 418 g/mol. The van der Waals surface area contributed by atoms with Crippen LogP contribution in [0.25, 0.3) is 0 Å². The number of hydrogen-bond acceptors (Lipinski definition) is 5. The molecule has 0 radical (unpaired) electrons. The molecule has 0 amide bonds. The first kappa shape index (κ1) is 19.0. The Hall–Kier alpha value is -0.000000000000000111. The quantitative estimate of drug-likeness (QED) is 0.651. The van der Waals surface area contributed by atoms with Crippen molar-refractivity contribution in [3.8, 4) is 0 Å². The highest BCUT2D eigenvalue weighted by molar-refractivity contribution is 9.11. The summed E-state index contributed by atoms with van der Waals surface area (Å²) in [7, 11) is -6.76. The lowest BCUT2D eigenvalue weighted by Crippen LogP contribution is -2.33. The van der Waals surface area contributed by atoms with Crippen LogP contribution in [0.3, 0.4) is 0 Å². The van der Waals surface area contributed by atoms with Crippen LogP contribution in [-0.2, 0) is 20.0 Å². The summed E-state index contributed by atoms with van der Waals surface area (Å²) in [5.41, 5.74) is 0.870. The molecule has 0 aliphatic rings. The molecule has 0 aromatic carbocycles. The standard InChI is InChI=1S/C11H19BrN2O4S3/c1-4-14(20(3,15)16)7-5-6-13-21(17,18)10-8-9(2)11(12)19-10/h8,13H,4-7H2,1-3H3. The van der Waals surface area contributed by atoms with E-state index in [1.807, 2.05) is 6.92 Å². The summed E-state index contributed by atoms with van der Waals surface area (Å²) in [4.78, 5) is 0. The molecule has 0 aliphatic carbocycles. The molecular weight excluding hydrogens is 400 g/mol. The number of rotatable bonds is 8. The van der Waals surface area contributed by atoms with Crippen LogP contribution in [0.2, 0.25) is 0 Å². The number of thiophene rings is 1. The van der Waals surface area contributed by atoms with Crippen LogP contribution in [0.1, 0.15) is 18.9 Å². The molecule has 0 unspecified atom stereocenters. The number of halogens is 1. The van der Waals surface area contributed by atoms with Crippen LogP contribution < -0.4 is 4.72 Å². The lowest BCUT2D eigenvalue weighted by atomic mass is 10.4. The summed E-state index contributed by atoms with van der Waals surface area (Å²) in [6, 6.07) is 1.60. The lowest BCUT2D eigenvalue weighted by Gasteiger charge is -2.17. The molecule has 0 saturated carbocycles. The SMILES string of the molecule is CCN(CCCNS(=O)(=O)c1cc(C)c(Br)s1)S(C)(=O)=O. The molecule has 0 bridgehead atoms. The lowest BCUT2D eigenvalue weighted by molar-refractivity contribution is 0.424. The molecule has 21 heavy (non-hydrogen) atoms. The Labute approximate surface area is 138 Å². The van der Waals surface area contributed by atoms with Crippen molar-refractivity contribution in [3.05, 3.63) is 15.4 Å². The highest BCUT2D eigenvalue weighted by Crippen LogP contribution is 2.30. The summed E-state index contributed by atoms with van der Waals surface area (Å²) in [6.45, 7) is 4.44. The van der Waals surface area contributed by atoms with Gasteiger partial charge in [0.05, 0.1) is 10.0 Å². The van der Waals surface area contributed by atoms with Gasteiger partial charge in [-0.15, -0.1) is 11.3 Å². The van der Waals surface area contributed by atoms with E-state index < -0.39 is 20.0 Å². The fourth-order valence-electron chi connectivity index (χ4n) is 1.66. The minimum atomic E-state index is -3.53. The second-order valence-corrected chi connectivity index (χ2v) is 10.9. The van der Waals surface area contributed by atoms with Crippen molar-refractivity contribution in [3.63, 3.8) is 0 Å². The normalized spacial score (nSPS) is 13.0. The number of nitrogens with one attached hydrogen (secondary N) is 1. The van der Waals surface area contributed by atoms with Crippen LogP contribution in [-0.4, -0.2) is 47.0 Å². The van der Waals surface area contributed by atoms with Gasteiger partial charge in [-0.1, -0.05) is 6.92 Å². The Morgan fingerprint density at radius 1 is 1.33 bits per heavy atom. The van der Waals surface area contributed by atoms with E-state index in [4.69, 9.17) is 0 Å². The summed E-state index contributed by atoms with van der Waals surface area (Å²) >= 11 is 4.45. The van der Waals surface area contributed by atoms with Crippen molar-refractivity contribution in [2.75, 3.05) is 25.9 Å². The van der Waals surface area contributed by atoms with Gasteiger partial charge < -0.3 is 0 Å². The van der Waals surface area contributed by atoms with Crippen LogP contribution >= 0.6 is 27.3 Å². The molecule has 122 valence electrons. The van der Waals surface area contributed by atoms with Crippen LogP contribution in [0.5, 0.6) is 0 Å². The number of hydrogen-bond donors (Lipinski definition) is 1. The average Bonchev–Trinajstić information content (AvgIpc) is 2.68. The summed E-state index contributed by atoms with van der Waals surface area (Å²) in [5, 5.41) is 0. The highest BCUT2D eigenvalue weighted by Gasteiger charge is 2.18. The third kappa shape index (κ3) is 5.61. The van der Waals surface area contributed by atoms with Crippen molar-refractivity contribution < 1.29 is 16.8 Å². The second-order valence-electron chi connectivity index (χ2n) is 4.53. The maximum Gasteiger partial charge on any atom is 0.250 e. The van der Waals surface area contributed by atoms with Gasteiger partial charge in [-0.2, -0.15) is 0 Å². The molecule has 0 spiro atoms. The van der Waals surface area contributed by atoms with Crippen molar-refractivity contribution in [1.82, 2.24) is 9.03 Å². The van der Waals surface area contributed by atoms with E-state index in [0.29, 0.717) is 19.5 Å². The zero-order chi connectivity index (χ0) is 16.3. The molecule has 1 heterocycles. The van der Waals surface area contributed by atoms with Gasteiger partial charge in [0.2, 0.25) is 20.0 Å². The first-order valence-corrected chi connectivity index (χ1v) is 11.2. The fraction of sp³-hybridized carbons (Fsp3) is 0.636. The summed E-state index contributed by atoms with van der Waals surface area (Å²) in [6.07, 6.45) is 1.57. The topological polar surface area (TPSA) is 83.6 Å². The van der Waals surface area contributed by atoms with Gasteiger partial charge in [0, 0.05) is 19.6 Å². The molecule has 1 N–H and O–H groups in total. The van der Waals surface area contributed by atoms with E-state index in [1.165, 1.54) is 4.31 Å². The molecule has 1 rings (SSSR count). The number of nitrogens with zero attached hydrogens (tertiary/aromatic N) is 1. The van der Waals surface area contributed by atoms with Crippen LogP contribution in [0.4, 0.5) is 0 Å².